The molecule has 2 aromatic heterocycles. The smallest absolute Gasteiger partial charge is 0.238 e. The zero-order valence-electron chi connectivity index (χ0n) is 23.9. The van der Waals surface area contributed by atoms with Gasteiger partial charge in [0.05, 0.1) is 10.2 Å². The summed E-state index contributed by atoms with van der Waals surface area (Å²) in [7, 11) is 0. The van der Waals surface area contributed by atoms with Gasteiger partial charge in [-0.2, -0.15) is 0 Å². The predicted molar refractivity (Wildman–Crippen MR) is 167 cm³/mol. The second kappa shape index (κ2) is 27.1. The van der Waals surface area contributed by atoms with Crippen molar-refractivity contribution in [3.05, 3.63) is 67.3 Å². The number of hydrogen-bond donors (Lipinski definition) is 4. The highest BCUT2D eigenvalue weighted by molar-refractivity contribution is 7.99. The van der Waals surface area contributed by atoms with Crippen LogP contribution in [0.2, 0.25) is 0 Å². The first kappa shape index (κ1) is 40.1. The van der Waals surface area contributed by atoms with E-state index in [0.717, 1.165) is 32.9 Å². The quantitative estimate of drug-likeness (QED) is 0.0580. The molecule has 0 bridgehead atoms. The molecule has 0 unspecified atom stereocenters. The molecule has 10 N–H and O–H groups in total. The van der Waals surface area contributed by atoms with E-state index in [9.17, 15) is 0 Å². The first-order chi connectivity index (χ1) is 19.9. The van der Waals surface area contributed by atoms with Crippen LogP contribution in [0.5, 0.6) is 0 Å². The van der Waals surface area contributed by atoms with Crippen molar-refractivity contribution in [1.82, 2.24) is 0 Å². The number of nitrogens with one attached hydrogen (secondary N) is 2. The third-order valence-corrected chi connectivity index (χ3v) is 6.68. The standard InChI is InChI=1S/2C12H20N4S.2NO3/c2*1-2-3-4-5-8-17-11-7-6-10(9-15-11)16-12(13)14;2*2-1(3)4/h2*6-7,9H,2-5,8H2,1H3,(H4,13,14,16);;/q;;2*-1/p+2. The first-order valence-electron chi connectivity index (χ1n) is 13.0. The number of nitrogens with two attached hydrogens (primary N) is 4. The number of unbranched alkanes of at least 4 members (excludes halogenated alkanes) is 6. The lowest BCUT2D eigenvalue weighted by Crippen LogP contribution is -2.22. The lowest BCUT2D eigenvalue weighted by molar-refractivity contribution is -0.426. The van der Waals surface area contributed by atoms with Crippen LogP contribution >= 0.6 is 23.5 Å². The Morgan fingerprint density at radius 3 is 1.24 bits per heavy atom. The minimum Gasteiger partial charge on any atom is -0.370 e. The van der Waals surface area contributed by atoms with E-state index >= 15 is 0 Å². The van der Waals surface area contributed by atoms with E-state index in [0.29, 0.717) is 0 Å². The number of thioether (sulfide) groups is 2. The molecule has 18 heteroatoms. The fraction of sp³-hybridized carbons (Fsp3) is 0.500. The summed E-state index contributed by atoms with van der Waals surface area (Å²) >= 11 is 3.66. The minimum atomic E-state index is -1.75. The fourth-order valence-corrected chi connectivity index (χ4v) is 4.59. The van der Waals surface area contributed by atoms with Gasteiger partial charge in [-0.25, -0.2) is 20.0 Å². The van der Waals surface area contributed by atoms with Crippen molar-refractivity contribution in [2.24, 2.45) is 32.9 Å². The van der Waals surface area contributed by atoms with Gasteiger partial charge >= 0.3 is 0 Å². The zero-order valence-corrected chi connectivity index (χ0v) is 25.5. The van der Waals surface area contributed by atoms with Crippen molar-refractivity contribution >= 4 is 46.8 Å². The van der Waals surface area contributed by atoms with Crippen LogP contribution in [0.4, 0.5) is 11.4 Å². The van der Waals surface area contributed by atoms with E-state index in [-0.39, 0.29) is 11.9 Å². The summed E-state index contributed by atoms with van der Waals surface area (Å²) in [6.45, 7) is 4.45. The van der Waals surface area contributed by atoms with Gasteiger partial charge < -0.3 is 53.6 Å². The maximum Gasteiger partial charge on any atom is 0.238 e. The normalized spacial score (nSPS) is 9.38. The van der Waals surface area contributed by atoms with Gasteiger partial charge in [0.25, 0.3) is 0 Å². The maximum absolute atomic E-state index is 8.25. The van der Waals surface area contributed by atoms with Crippen molar-refractivity contribution < 1.29 is 20.1 Å². The van der Waals surface area contributed by atoms with Gasteiger partial charge in [0.2, 0.25) is 10.1 Å². The SMILES string of the molecule is CCCCCCSc1ccc(N=C(N)N)c[nH+]1.CCCCCCSc1ccc(N=C(N)N)c[nH+]1.O=[N+]([O-])[O-].O=[N+]([O-])[O-]. The van der Waals surface area contributed by atoms with Crippen LogP contribution in [0.15, 0.2) is 56.7 Å². The highest BCUT2D eigenvalue weighted by atomic mass is 32.2. The fourth-order valence-electron chi connectivity index (χ4n) is 2.84. The number of aliphatic imine (C=N–C) groups is 2. The third-order valence-electron chi connectivity index (χ3n) is 4.56. The lowest BCUT2D eigenvalue weighted by atomic mass is 10.2. The van der Waals surface area contributed by atoms with Crippen molar-refractivity contribution in [2.75, 3.05) is 11.5 Å². The third kappa shape index (κ3) is 30.5. The maximum atomic E-state index is 8.25. The van der Waals surface area contributed by atoms with Crippen LogP contribution in [0.1, 0.15) is 65.2 Å². The molecule has 0 saturated heterocycles. The molecule has 2 heterocycles. The minimum absolute atomic E-state index is 0.0818. The van der Waals surface area contributed by atoms with Crippen LogP contribution in [0.25, 0.3) is 0 Å². The lowest BCUT2D eigenvalue weighted by Gasteiger charge is -1.97. The molecule has 0 radical (unpaired) electrons. The Balaban J connectivity index is 0. The van der Waals surface area contributed by atoms with Crippen molar-refractivity contribution in [2.45, 2.75) is 75.3 Å². The van der Waals surface area contributed by atoms with E-state index in [1.807, 2.05) is 60.2 Å². The number of aromatic nitrogens is 2. The molecule has 0 fully saturated rings. The molecule has 0 saturated carbocycles. The van der Waals surface area contributed by atoms with Crippen LogP contribution < -0.4 is 32.9 Å². The van der Waals surface area contributed by atoms with Crippen LogP contribution in [-0.2, 0) is 0 Å². The molecule has 42 heavy (non-hydrogen) atoms. The molecule has 16 nitrogen and oxygen atoms in total. The van der Waals surface area contributed by atoms with E-state index in [1.165, 1.54) is 51.4 Å². The van der Waals surface area contributed by atoms with E-state index < -0.39 is 10.2 Å². The Labute approximate surface area is 253 Å². The Bertz CT molecular complexity index is 946. The molecule has 0 amide bonds. The van der Waals surface area contributed by atoms with E-state index in [2.05, 4.69) is 33.8 Å². The van der Waals surface area contributed by atoms with Crippen LogP contribution in [-0.4, -0.2) is 33.6 Å². The molecule has 2 rings (SSSR count). The first-order valence-corrected chi connectivity index (χ1v) is 15.0. The van der Waals surface area contributed by atoms with Gasteiger partial charge in [-0.05, 0) is 25.0 Å². The molecule has 0 aliphatic rings. The number of rotatable bonds is 14. The Kier molecular flexibility index (Phi) is 25.9. The molecule has 0 atom stereocenters. The number of H-pyrrole nitrogens is 2. The molecule has 236 valence electrons. The number of pyridine rings is 2. The van der Waals surface area contributed by atoms with Crippen molar-refractivity contribution in [3.8, 4) is 0 Å². The van der Waals surface area contributed by atoms with Crippen LogP contribution in [0, 0.1) is 30.6 Å². The Hall–Kier alpha value is -4.06. The number of hydrogen-bond acceptors (Lipinski definition) is 10. The Morgan fingerprint density at radius 2 is 1.00 bits per heavy atom. The molecule has 2 aromatic rings. The summed E-state index contributed by atoms with van der Waals surface area (Å²) in [5.74, 6) is 2.47. The Morgan fingerprint density at radius 1 is 0.667 bits per heavy atom. The molecular formula is C24H42N10O6S2. The molecular weight excluding hydrogens is 588 g/mol. The summed E-state index contributed by atoms with van der Waals surface area (Å²) in [6.07, 6.45) is 14.0. The van der Waals surface area contributed by atoms with E-state index in [1.54, 1.807) is 0 Å². The molecule has 0 spiro atoms. The van der Waals surface area contributed by atoms with Gasteiger partial charge in [-0.15, -0.1) is 0 Å². The number of guanidine groups is 2. The van der Waals surface area contributed by atoms with Gasteiger partial charge in [0, 0.05) is 23.6 Å². The second-order valence-corrected chi connectivity index (χ2v) is 10.4. The van der Waals surface area contributed by atoms with Gasteiger partial charge in [0.1, 0.15) is 11.4 Å². The zero-order chi connectivity index (χ0) is 32.2. The predicted octanol–water partition coefficient (Wildman–Crippen LogP) is 3.68. The van der Waals surface area contributed by atoms with Crippen molar-refractivity contribution in [1.29, 1.82) is 0 Å². The summed E-state index contributed by atoms with van der Waals surface area (Å²) < 4.78 is 0. The molecule has 0 aliphatic carbocycles. The molecule has 0 aromatic carbocycles. The largest absolute Gasteiger partial charge is 0.370 e. The molecule has 0 aliphatic heterocycles. The summed E-state index contributed by atoms with van der Waals surface area (Å²) in [6, 6.07) is 7.83. The van der Waals surface area contributed by atoms with Crippen LogP contribution in [0.3, 0.4) is 0 Å². The summed E-state index contributed by atoms with van der Waals surface area (Å²) in [5, 5.41) is 31.8. The topological polar surface area (TPSA) is 289 Å². The van der Waals surface area contributed by atoms with E-state index in [4.69, 9.17) is 53.6 Å². The van der Waals surface area contributed by atoms with Gasteiger partial charge in [-0.1, -0.05) is 75.9 Å². The average Bonchev–Trinajstić information content (AvgIpc) is 2.89. The summed E-state index contributed by atoms with van der Waals surface area (Å²) in [5.41, 5.74) is 22.7. The van der Waals surface area contributed by atoms with Crippen molar-refractivity contribution in [3.63, 3.8) is 0 Å². The summed E-state index contributed by atoms with van der Waals surface area (Å²) in [4.78, 5) is 30.8. The number of nitrogens with zero attached hydrogens (tertiary/aromatic N) is 4. The number of aromatic amines is 2. The average molecular weight is 631 g/mol. The van der Waals surface area contributed by atoms with Gasteiger partial charge in [0.15, 0.2) is 24.3 Å². The highest BCUT2D eigenvalue weighted by Gasteiger charge is 2.03. The monoisotopic (exact) mass is 630 g/mol. The van der Waals surface area contributed by atoms with Gasteiger partial charge in [-0.3, -0.25) is 0 Å². The second-order valence-electron chi connectivity index (χ2n) is 8.16. The highest BCUT2D eigenvalue weighted by Crippen LogP contribution is 2.18.